The molecule has 0 unspecified atom stereocenters. The van der Waals surface area contributed by atoms with Gasteiger partial charge < -0.3 is 20.5 Å². The summed E-state index contributed by atoms with van der Waals surface area (Å²) in [5.74, 6) is -1.35. The van der Waals surface area contributed by atoms with Gasteiger partial charge in [-0.15, -0.1) is 0 Å². The maximum Gasteiger partial charge on any atom is 0.243 e. The Morgan fingerprint density at radius 2 is 1.87 bits per heavy atom. The highest BCUT2D eigenvalue weighted by molar-refractivity contribution is 5.88. The lowest BCUT2D eigenvalue weighted by Gasteiger charge is -2.35. The Morgan fingerprint density at radius 3 is 2.56 bits per heavy atom. The van der Waals surface area contributed by atoms with Crippen LogP contribution in [0, 0.1) is 17.6 Å². The number of carbonyl (C=O) groups is 3. The number of likely N-dealkylation sites (tertiary alicyclic amines) is 1. The van der Waals surface area contributed by atoms with Gasteiger partial charge in [0.25, 0.3) is 0 Å². The molecule has 1 fully saturated rings. The molecule has 3 rings (SSSR count). The fraction of sp³-hybridized carbons (Fsp3) is 0.586. The van der Waals surface area contributed by atoms with Gasteiger partial charge in [0.05, 0.1) is 17.9 Å². The third-order valence-corrected chi connectivity index (χ3v) is 7.25. The molecule has 3 amide bonds. The summed E-state index contributed by atoms with van der Waals surface area (Å²) >= 11 is 0. The van der Waals surface area contributed by atoms with Crippen LogP contribution in [-0.4, -0.2) is 51.2 Å². The smallest absolute Gasteiger partial charge is 0.243 e. The van der Waals surface area contributed by atoms with Crippen molar-refractivity contribution >= 4 is 17.7 Å². The Kier molecular flexibility index (Phi) is 11.0. The zero-order chi connectivity index (χ0) is 28.5. The summed E-state index contributed by atoms with van der Waals surface area (Å²) in [5, 5.41) is 5.67. The molecule has 39 heavy (non-hydrogen) atoms. The molecule has 1 aliphatic rings. The van der Waals surface area contributed by atoms with Gasteiger partial charge in [-0.1, -0.05) is 20.8 Å². The van der Waals surface area contributed by atoms with E-state index in [1.165, 1.54) is 12.3 Å². The van der Waals surface area contributed by atoms with Crippen LogP contribution in [0.4, 0.5) is 8.78 Å². The predicted molar refractivity (Wildman–Crippen MR) is 145 cm³/mol. The Labute approximate surface area is 229 Å². The van der Waals surface area contributed by atoms with E-state index in [4.69, 9.17) is 0 Å². The maximum absolute atomic E-state index is 14.2. The van der Waals surface area contributed by atoms with Crippen LogP contribution in [0.15, 0.2) is 24.4 Å². The summed E-state index contributed by atoms with van der Waals surface area (Å²) in [6, 6.07) is 2.01. The van der Waals surface area contributed by atoms with E-state index in [1.54, 1.807) is 6.92 Å². The molecule has 3 N–H and O–H groups in total. The number of aromatic amines is 1. The number of rotatable bonds is 12. The lowest BCUT2D eigenvalue weighted by Crippen LogP contribution is -2.49. The molecule has 1 aromatic heterocycles. The van der Waals surface area contributed by atoms with Crippen LogP contribution in [-0.2, 0) is 14.4 Å². The molecule has 214 valence electrons. The minimum atomic E-state index is -0.884. The quantitative estimate of drug-likeness (QED) is 0.348. The van der Waals surface area contributed by atoms with Crippen molar-refractivity contribution in [1.82, 2.24) is 25.5 Å². The van der Waals surface area contributed by atoms with Gasteiger partial charge in [0.15, 0.2) is 0 Å². The number of nitrogens with one attached hydrogen (secondary N) is 3. The van der Waals surface area contributed by atoms with E-state index in [1.807, 2.05) is 18.7 Å². The van der Waals surface area contributed by atoms with E-state index >= 15 is 0 Å². The van der Waals surface area contributed by atoms with E-state index in [0.29, 0.717) is 30.3 Å². The number of hydrogen-bond acceptors (Lipinski definition) is 4. The second-order valence-corrected chi connectivity index (χ2v) is 10.8. The van der Waals surface area contributed by atoms with Gasteiger partial charge in [-0.05, 0) is 63.5 Å². The summed E-state index contributed by atoms with van der Waals surface area (Å²) < 4.78 is 27.5. The predicted octanol–water partition coefficient (Wildman–Crippen LogP) is 5.02. The lowest BCUT2D eigenvalue weighted by molar-refractivity contribution is -0.136. The van der Waals surface area contributed by atoms with Crippen molar-refractivity contribution in [2.75, 3.05) is 6.54 Å². The number of benzene rings is 1. The summed E-state index contributed by atoms with van der Waals surface area (Å²) in [6.45, 7) is 8.56. The van der Waals surface area contributed by atoms with E-state index in [2.05, 4.69) is 27.5 Å². The first-order valence-corrected chi connectivity index (χ1v) is 14.0. The first-order chi connectivity index (χ1) is 18.6. The number of amides is 3. The van der Waals surface area contributed by atoms with Crippen molar-refractivity contribution in [3.05, 3.63) is 41.9 Å². The number of H-pyrrole nitrogens is 1. The average molecular weight is 546 g/mol. The molecule has 1 aromatic carbocycles. The molecular weight excluding hydrogens is 504 g/mol. The van der Waals surface area contributed by atoms with Crippen LogP contribution in [0.3, 0.4) is 0 Å². The molecule has 8 nitrogen and oxygen atoms in total. The third kappa shape index (κ3) is 8.60. The van der Waals surface area contributed by atoms with Crippen molar-refractivity contribution in [3.63, 3.8) is 0 Å². The van der Waals surface area contributed by atoms with Crippen molar-refractivity contribution in [1.29, 1.82) is 0 Å². The monoisotopic (exact) mass is 545 g/mol. The van der Waals surface area contributed by atoms with Crippen LogP contribution >= 0.6 is 0 Å². The van der Waals surface area contributed by atoms with E-state index < -0.39 is 29.6 Å². The fourth-order valence-electron chi connectivity index (χ4n) is 4.90. The number of halogens is 2. The molecule has 0 radical (unpaired) electrons. The van der Waals surface area contributed by atoms with Crippen LogP contribution < -0.4 is 10.6 Å². The molecule has 0 bridgehead atoms. The Balaban J connectivity index is 1.67. The summed E-state index contributed by atoms with van der Waals surface area (Å²) in [6.07, 6.45) is 6.71. The normalized spacial score (nSPS) is 17.1. The van der Waals surface area contributed by atoms with Crippen LogP contribution in [0.25, 0.3) is 11.3 Å². The van der Waals surface area contributed by atoms with Crippen molar-refractivity contribution < 1.29 is 23.2 Å². The van der Waals surface area contributed by atoms with Gasteiger partial charge in [-0.2, -0.15) is 0 Å². The standard InChI is InChI=1S/C29H41F2N5O3/c1-5-21-8-6-7-15-36(21)27(38)14-12-24(34-26(37)13-9-18(2)3)29(39)33-19(4)28-32-17-25(35-28)22-11-10-20(30)16-23(22)31/h10-11,16-19,21,24H,5-9,12-15H2,1-4H3,(H,32,35)(H,33,39)(H,34,37)/t19-,21-,24-/m0/s1. The van der Waals surface area contributed by atoms with Gasteiger partial charge in [0.1, 0.15) is 23.5 Å². The lowest BCUT2D eigenvalue weighted by atomic mass is 9.99. The van der Waals surface area contributed by atoms with Gasteiger partial charge in [0, 0.05) is 37.1 Å². The first-order valence-electron chi connectivity index (χ1n) is 14.0. The Bertz CT molecular complexity index is 1140. The average Bonchev–Trinajstić information content (AvgIpc) is 3.39. The van der Waals surface area contributed by atoms with Gasteiger partial charge in [-0.25, -0.2) is 13.8 Å². The van der Waals surface area contributed by atoms with Crippen LogP contribution in [0.5, 0.6) is 0 Å². The van der Waals surface area contributed by atoms with Gasteiger partial charge >= 0.3 is 0 Å². The van der Waals surface area contributed by atoms with Crippen molar-refractivity contribution in [2.45, 2.75) is 97.2 Å². The molecule has 2 heterocycles. The number of nitrogens with zero attached hydrogens (tertiary/aromatic N) is 2. The Morgan fingerprint density at radius 1 is 1.10 bits per heavy atom. The molecule has 0 spiro atoms. The zero-order valence-corrected chi connectivity index (χ0v) is 23.4. The number of carbonyl (C=O) groups excluding carboxylic acids is 3. The van der Waals surface area contributed by atoms with Gasteiger partial charge in [0.2, 0.25) is 17.7 Å². The molecule has 1 saturated heterocycles. The molecule has 0 aliphatic carbocycles. The molecule has 10 heteroatoms. The van der Waals surface area contributed by atoms with Gasteiger partial charge in [-0.3, -0.25) is 14.4 Å². The van der Waals surface area contributed by atoms with Crippen molar-refractivity contribution in [3.8, 4) is 11.3 Å². The summed E-state index contributed by atoms with van der Waals surface area (Å²) in [5.41, 5.74) is 0.505. The summed E-state index contributed by atoms with van der Waals surface area (Å²) in [4.78, 5) is 48.1. The minimum absolute atomic E-state index is 0.000767. The highest BCUT2D eigenvalue weighted by Gasteiger charge is 2.28. The topological polar surface area (TPSA) is 107 Å². The maximum atomic E-state index is 14.2. The highest BCUT2D eigenvalue weighted by Crippen LogP contribution is 2.24. The zero-order valence-electron chi connectivity index (χ0n) is 23.4. The number of aromatic nitrogens is 2. The molecule has 0 saturated carbocycles. The second kappa shape index (κ2) is 14.2. The van der Waals surface area contributed by atoms with E-state index in [0.717, 1.165) is 44.4 Å². The SMILES string of the molecule is CC[C@H]1CCCCN1C(=O)CC[C@H](NC(=O)CCC(C)C)C(=O)N[C@@H](C)c1ncc(-c2ccc(F)cc2F)[nH]1. The molecule has 1 aliphatic heterocycles. The second-order valence-electron chi connectivity index (χ2n) is 10.8. The van der Waals surface area contributed by atoms with Crippen LogP contribution in [0.1, 0.15) is 90.9 Å². The third-order valence-electron chi connectivity index (χ3n) is 7.25. The molecule has 3 atom stereocenters. The number of imidazole rings is 1. The number of piperidine rings is 1. The van der Waals surface area contributed by atoms with E-state index in [9.17, 15) is 23.2 Å². The highest BCUT2D eigenvalue weighted by atomic mass is 19.1. The largest absolute Gasteiger partial charge is 0.345 e. The molecule has 2 aromatic rings. The van der Waals surface area contributed by atoms with Crippen LogP contribution in [0.2, 0.25) is 0 Å². The Hall–Kier alpha value is -3.30. The summed E-state index contributed by atoms with van der Waals surface area (Å²) in [7, 11) is 0. The first kappa shape index (κ1) is 30.2. The van der Waals surface area contributed by atoms with Crippen molar-refractivity contribution in [2.24, 2.45) is 5.92 Å². The molecular formula is C29H41F2N5O3. The fourth-order valence-corrected chi connectivity index (χ4v) is 4.90. The number of hydrogen-bond donors (Lipinski definition) is 3. The van der Waals surface area contributed by atoms with E-state index in [-0.39, 0.29) is 36.3 Å². The minimum Gasteiger partial charge on any atom is -0.345 e.